The first kappa shape index (κ1) is 22.3. The molecule has 0 aromatic heterocycles. The molecule has 1 saturated carbocycles. The van der Waals surface area contributed by atoms with Crippen LogP contribution in [0.4, 0.5) is 0 Å². The van der Waals surface area contributed by atoms with Crippen LogP contribution in [0.15, 0.2) is 30.3 Å². The van der Waals surface area contributed by atoms with Gasteiger partial charge < -0.3 is 4.90 Å². The van der Waals surface area contributed by atoms with Gasteiger partial charge in [-0.2, -0.15) is 11.8 Å². The number of thioether (sulfide) groups is 1. The highest BCUT2D eigenvalue weighted by Crippen LogP contribution is 2.39. The fourth-order valence-electron chi connectivity index (χ4n) is 5.27. The Kier molecular flexibility index (Phi) is 7.33. The van der Waals surface area contributed by atoms with Gasteiger partial charge in [0.05, 0.1) is 11.8 Å². The van der Waals surface area contributed by atoms with Crippen molar-refractivity contribution >= 4 is 29.5 Å². The SMILES string of the molecule is CSCC[C@H](C(=O)N1CCN(Cc2ccccc2)CC1)N1C(=O)[C@H]2CCCC[C@H]2C1=O. The highest BCUT2D eigenvalue weighted by Gasteiger charge is 2.52. The molecule has 0 bridgehead atoms. The zero-order valence-electron chi connectivity index (χ0n) is 18.4. The predicted molar refractivity (Wildman–Crippen MR) is 122 cm³/mol. The third kappa shape index (κ3) is 4.82. The normalized spacial score (nSPS) is 25.6. The van der Waals surface area contributed by atoms with Crippen molar-refractivity contribution in [2.45, 2.75) is 44.7 Å². The van der Waals surface area contributed by atoms with Crippen molar-refractivity contribution in [2.75, 3.05) is 38.2 Å². The number of piperazine rings is 1. The molecule has 0 N–H and O–H groups in total. The summed E-state index contributed by atoms with van der Waals surface area (Å²) in [5.74, 6) is 0.112. The van der Waals surface area contributed by atoms with Crippen LogP contribution in [0.5, 0.6) is 0 Å². The van der Waals surface area contributed by atoms with E-state index in [2.05, 4.69) is 17.0 Å². The van der Waals surface area contributed by atoms with Gasteiger partial charge in [-0.05, 0) is 36.8 Å². The highest BCUT2D eigenvalue weighted by molar-refractivity contribution is 7.98. The van der Waals surface area contributed by atoms with Crippen molar-refractivity contribution in [2.24, 2.45) is 11.8 Å². The van der Waals surface area contributed by atoms with Gasteiger partial charge in [0.15, 0.2) is 0 Å². The van der Waals surface area contributed by atoms with Gasteiger partial charge in [0.1, 0.15) is 6.04 Å². The zero-order valence-corrected chi connectivity index (χ0v) is 19.2. The Balaban J connectivity index is 1.42. The second kappa shape index (κ2) is 10.2. The number of hydrogen-bond donors (Lipinski definition) is 0. The monoisotopic (exact) mass is 443 g/mol. The van der Waals surface area contributed by atoms with Gasteiger partial charge in [-0.15, -0.1) is 0 Å². The number of rotatable bonds is 7. The van der Waals surface area contributed by atoms with Crippen LogP contribution in [0.25, 0.3) is 0 Å². The fourth-order valence-corrected chi connectivity index (χ4v) is 5.73. The molecule has 2 saturated heterocycles. The molecule has 3 fully saturated rings. The van der Waals surface area contributed by atoms with Crippen LogP contribution in [0.3, 0.4) is 0 Å². The Morgan fingerprint density at radius 2 is 1.61 bits per heavy atom. The minimum atomic E-state index is -0.640. The average Bonchev–Trinajstić information content (AvgIpc) is 3.06. The van der Waals surface area contributed by atoms with Gasteiger partial charge in [-0.25, -0.2) is 0 Å². The van der Waals surface area contributed by atoms with E-state index in [4.69, 9.17) is 0 Å². The lowest BCUT2D eigenvalue weighted by atomic mass is 9.81. The summed E-state index contributed by atoms with van der Waals surface area (Å²) < 4.78 is 0. The summed E-state index contributed by atoms with van der Waals surface area (Å²) >= 11 is 1.65. The number of benzene rings is 1. The van der Waals surface area contributed by atoms with Crippen molar-refractivity contribution in [1.29, 1.82) is 0 Å². The van der Waals surface area contributed by atoms with Gasteiger partial charge in [-0.3, -0.25) is 24.2 Å². The first-order chi connectivity index (χ1) is 15.1. The Labute approximate surface area is 189 Å². The van der Waals surface area contributed by atoms with Gasteiger partial charge in [0.25, 0.3) is 0 Å². The third-order valence-corrected chi connectivity index (χ3v) is 7.64. The lowest BCUT2D eigenvalue weighted by Crippen LogP contribution is -2.56. The summed E-state index contributed by atoms with van der Waals surface area (Å²) in [6.45, 7) is 3.78. The van der Waals surface area contributed by atoms with E-state index >= 15 is 0 Å². The molecule has 3 atom stereocenters. The molecule has 168 valence electrons. The molecule has 1 aliphatic carbocycles. The van der Waals surface area contributed by atoms with Gasteiger partial charge in [0.2, 0.25) is 17.7 Å². The molecule has 0 spiro atoms. The summed E-state index contributed by atoms with van der Waals surface area (Å²) in [4.78, 5) is 45.3. The van der Waals surface area contributed by atoms with Crippen LogP contribution in [0, 0.1) is 11.8 Å². The first-order valence-corrected chi connectivity index (χ1v) is 12.9. The van der Waals surface area contributed by atoms with Crippen LogP contribution in [0.2, 0.25) is 0 Å². The van der Waals surface area contributed by atoms with E-state index in [0.717, 1.165) is 51.1 Å². The molecule has 2 aliphatic heterocycles. The number of likely N-dealkylation sites (tertiary alicyclic amines) is 1. The Morgan fingerprint density at radius 3 is 2.19 bits per heavy atom. The fraction of sp³-hybridized carbons (Fsp3) is 0.625. The van der Waals surface area contributed by atoms with Crippen LogP contribution < -0.4 is 0 Å². The van der Waals surface area contributed by atoms with Gasteiger partial charge in [-0.1, -0.05) is 43.2 Å². The minimum absolute atomic E-state index is 0.0474. The molecule has 6 nitrogen and oxygen atoms in total. The van der Waals surface area contributed by atoms with Crippen molar-refractivity contribution < 1.29 is 14.4 Å². The number of carbonyl (C=O) groups excluding carboxylic acids is 3. The summed E-state index contributed by atoms with van der Waals surface area (Å²) in [6.07, 6.45) is 6.11. The minimum Gasteiger partial charge on any atom is -0.338 e. The quantitative estimate of drug-likeness (QED) is 0.607. The summed E-state index contributed by atoms with van der Waals surface area (Å²) in [7, 11) is 0. The summed E-state index contributed by atoms with van der Waals surface area (Å²) in [5, 5.41) is 0. The molecule has 31 heavy (non-hydrogen) atoms. The number of nitrogens with zero attached hydrogens (tertiary/aromatic N) is 3. The largest absolute Gasteiger partial charge is 0.338 e. The number of imide groups is 1. The molecule has 7 heteroatoms. The maximum absolute atomic E-state index is 13.5. The smallest absolute Gasteiger partial charge is 0.245 e. The predicted octanol–water partition coefficient (Wildman–Crippen LogP) is 2.63. The van der Waals surface area contributed by atoms with E-state index in [1.807, 2.05) is 29.4 Å². The molecule has 0 unspecified atom stereocenters. The van der Waals surface area contributed by atoms with E-state index in [9.17, 15) is 14.4 Å². The third-order valence-electron chi connectivity index (χ3n) is 7.00. The number of hydrogen-bond acceptors (Lipinski definition) is 5. The molecular formula is C24H33N3O3S. The average molecular weight is 444 g/mol. The Hall–Kier alpha value is -1.86. The highest BCUT2D eigenvalue weighted by atomic mass is 32.2. The Bertz CT molecular complexity index is 771. The standard InChI is InChI=1S/C24H33N3O3S/c1-31-16-11-21(27-22(28)19-9-5-6-10-20(19)23(27)29)24(30)26-14-12-25(13-15-26)17-18-7-3-2-4-8-18/h2-4,7-8,19-21H,5-6,9-17H2,1H3/t19-,20+,21-/m1/s1. The van der Waals surface area contributed by atoms with E-state index in [1.54, 1.807) is 11.8 Å². The van der Waals surface area contributed by atoms with Gasteiger partial charge in [0, 0.05) is 32.7 Å². The summed E-state index contributed by atoms with van der Waals surface area (Å²) in [5.41, 5.74) is 1.27. The van der Waals surface area contributed by atoms with Crippen molar-refractivity contribution in [1.82, 2.24) is 14.7 Å². The lowest BCUT2D eigenvalue weighted by molar-refractivity contribution is -0.152. The molecule has 4 rings (SSSR count). The van der Waals surface area contributed by atoms with Gasteiger partial charge >= 0.3 is 0 Å². The lowest BCUT2D eigenvalue weighted by Gasteiger charge is -2.38. The van der Waals surface area contributed by atoms with Crippen LogP contribution >= 0.6 is 11.8 Å². The van der Waals surface area contributed by atoms with E-state index in [-0.39, 0.29) is 29.6 Å². The van der Waals surface area contributed by atoms with E-state index < -0.39 is 6.04 Å². The van der Waals surface area contributed by atoms with E-state index in [1.165, 1.54) is 10.5 Å². The molecule has 1 aromatic carbocycles. The van der Waals surface area contributed by atoms with Crippen molar-refractivity contribution in [3.63, 3.8) is 0 Å². The molecular weight excluding hydrogens is 410 g/mol. The van der Waals surface area contributed by atoms with Crippen LogP contribution in [-0.2, 0) is 20.9 Å². The maximum atomic E-state index is 13.5. The molecule has 1 aromatic rings. The zero-order chi connectivity index (χ0) is 21.8. The Morgan fingerprint density at radius 1 is 1.00 bits per heavy atom. The molecule has 0 radical (unpaired) electrons. The number of fused-ring (bicyclic) bond motifs is 1. The number of carbonyl (C=O) groups is 3. The maximum Gasteiger partial charge on any atom is 0.245 e. The molecule has 3 amide bonds. The van der Waals surface area contributed by atoms with Crippen LogP contribution in [-0.4, -0.2) is 76.7 Å². The number of amides is 3. The van der Waals surface area contributed by atoms with Crippen molar-refractivity contribution in [3.8, 4) is 0 Å². The van der Waals surface area contributed by atoms with Crippen molar-refractivity contribution in [3.05, 3.63) is 35.9 Å². The summed E-state index contributed by atoms with van der Waals surface area (Å²) in [6, 6.07) is 9.73. The first-order valence-electron chi connectivity index (χ1n) is 11.5. The molecule has 2 heterocycles. The topological polar surface area (TPSA) is 60.9 Å². The van der Waals surface area contributed by atoms with Crippen LogP contribution in [0.1, 0.15) is 37.7 Å². The second-order valence-corrected chi connectivity index (χ2v) is 9.91. The van der Waals surface area contributed by atoms with E-state index in [0.29, 0.717) is 19.5 Å². The molecule has 3 aliphatic rings. The second-order valence-electron chi connectivity index (χ2n) is 8.93.